The van der Waals surface area contributed by atoms with Gasteiger partial charge in [0, 0.05) is 0 Å². The highest BCUT2D eigenvalue weighted by Gasteiger charge is 2.54. The van der Waals surface area contributed by atoms with Crippen molar-refractivity contribution in [1.29, 1.82) is 0 Å². The molecule has 0 heterocycles. The minimum atomic E-state index is -1.34. The lowest BCUT2D eigenvalue weighted by Gasteiger charge is -2.52. The molecule has 0 bridgehead atoms. The number of aliphatic carboxylic acids is 2. The van der Waals surface area contributed by atoms with Crippen LogP contribution in [-0.4, -0.2) is 42.6 Å². The third kappa shape index (κ3) is 16.7. The van der Waals surface area contributed by atoms with Crippen molar-refractivity contribution in [2.24, 2.45) is 29.1 Å². The lowest BCUT2D eigenvalue weighted by molar-refractivity contribution is -0.151. The highest BCUT2D eigenvalue weighted by molar-refractivity contribution is 5.73. The number of carbonyl (C=O) groups is 2. The molecule has 0 aliphatic carbocycles. The smallest absolute Gasteiger partial charge is 0.307 e. The molecule has 0 aliphatic heterocycles. The molecule has 0 saturated heterocycles. The molecule has 484 valence electrons. The average molecular weight is 1210 g/mol. The number of carboxylic acid groups (broad SMARTS) is 2. The first-order chi connectivity index (χ1) is 40.5. The van der Waals surface area contributed by atoms with Gasteiger partial charge in [0.1, 0.15) is 23.0 Å². The number of rotatable bonds is 18. The molecule has 6 aromatic rings. The molecule has 6 N–H and O–H groups in total. The van der Waals surface area contributed by atoms with E-state index in [-0.39, 0.29) is 61.5 Å². The molecule has 8 nitrogen and oxygen atoms in total. The molecule has 0 saturated carbocycles. The Morgan fingerprint density at radius 3 is 0.663 bits per heavy atom. The zero-order valence-electron chi connectivity index (χ0n) is 58.9. The van der Waals surface area contributed by atoms with Gasteiger partial charge < -0.3 is 30.6 Å². The van der Waals surface area contributed by atoms with Crippen LogP contribution in [0.25, 0.3) is 0 Å². The van der Waals surface area contributed by atoms with Gasteiger partial charge in [-0.3, -0.25) is 9.59 Å². The molecule has 6 rings (SSSR count). The van der Waals surface area contributed by atoms with Gasteiger partial charge >= 0.3 is 11.9 Å². The number of hydrogen-bond donors (Lipinski definition) is 6. The third-order valence-corrected chi connectivity index (χ3v) is 18.8. The Labute approximate surface area is 536 Å². The number of carboxylic acids is 2. The predicted octanol–water partition coefficient (Wildman–Crippen LogP) is 19.3. The summed E-state index contributed by atoms with van der Waals surface area (Å²) >= 11 is 0. The van der Waals surface area contributed by atoms with Crippen molar-refractivity contribution in [1.82, 2.24) is 0 Å². The monoisotopic (exact) mass is 1210 g/mol. The van der Waals surface area contributed by atoms with Crippen molar-refractivity contribution >= 4 is 11.9 Å². The lowest BCUT2D eigenvalue weighted by Crippen LogP contribution is -2.53. The van der Waals surface area contributed by atoms with Gasteiger partial charge in [-0.1, -0.05) is 275 Å². The standard InChI is InChI=1S/C81H112O8/c1-73(2,3)59-39-51(40-60(67(59)82)74(4,5)6)35-55(71(86)87)57(37-49-31-27-25-28-32-49)81(47-53-43-63(77(13,14)15)69(84)64(44-53)78(16,17)18,48-54-45-65(79(19,20)21)70(85)66(46-54)80(22,23)24)58(38-50-33-29-26-30-34-50)56(72(88)89)36-52-41-61(75(7,8)9)68(83)62(42-52)76(10,11)12/h25-34,39-46,55-58,82-85H,35-38,47-48H2,1-24H3,(H,86,87)(H,88,89). The van der Waals surface area contributed by atoms with E-state index in [0.717, 1.165) is 55.6 Å². The summed E-state index contributed by atoms with van der Waals surface area (Å²) in [6.45, 7) is 49.8. The maximum absolute atomic E-state index is 15.6. The fraction of sp³-hybridized carbons (Fsp3) is 0.531. The molecular formula is C81H112O8. The van der Waals surface area contributed by atoms with Gasteiger partial charge in [0.25, 0.3) is 0 Å². The largest absolute Gasteiger partial charge is 0.507 e. The first-order valence-corrected chi connectivity index (χ1v) is 32.5. The summed E-state index contributed by atoms with van der Waals surface area (Å²) in [7, 11) is 0. The summed E-state index contributed by atoms with van der Waals surface area (Å²) < 4.78 is 0. The van der Waals surface area contributed by atoms with Crippen molar-refractivity contribution in [3.05, 3.63) is 187 Å². The molecule has 0 radical (unpaired) electrons. The summed E-state index contributed by atoms with van der Waals surface area (Å²) in [4.78, 5) is 31.1. The van der Waals surface area contributed by atoms with Gasteiger partial charge in [-0.05, 0) is 177 Å². The Balaban J connectivity index is 1.99. The SMILES string of the molecule is CC(C)(C)c1cc(CC(C(=O)O)C(Cc2ccccc2)C(Cc2cc(C(C)(C)C)c(O)c(C(C)(C)C)c2)(Cc2cc(C(C)(C)C)c(O)c(C(C)(C)C)c2)C(Cc2ccccc2)C(Cc2cc(C(C)(C)C)c(O)c(C(C)(C)C)c2)C(=O)O)cc(C(C)(C)C)c1O. The topological polar surface area (TPSA) is 156 Å². The van der Waals surface area contributed by atoms with Crippen LogP contribution in [0.1, 0.15) is 244 Å². The van der Waals surface area contributed by atoms with Crippen LogP contribution in [0.4, 0.5) is 0 Å². The zero-order valence-corrected chi connectivity index (χ0v) is 58.9. The van der Waals surface area contributed by atoms with Crippen molar-refractivity contribution in [3.63, 3.8) is 0 Å². The second-order valence-corrected chi connectivity index (χ2v) is 34.6. The molecule has 8 heteroatoms. The van der Waals surface area contributed by atoms with Crippen LogP contribution >= 0.6 is 0 Å². The van der Waals surface area contributed by atoms with Crippen LogP contribution in [0.15, 0.2) is 109 Å². The summed E-state index contributed by atoms with van der Waals surface area (Å²) in [5, 5.41) is 74.9. The van der Waals surface area contributed by atoms with Crippen LogP contribution in [-0.2, 0) is 91.4 Å². The number of phenolic OH excluding ortho intramolecular Hbond substituents is 4. The van der Waals surface area contributed by atoms with Crippen LogP contribution < -0.4 is 0 Å². The molecule has 6 aromatic carbocycles. The maximum Gasteiger partial charge on any atom is 0.307 e. The van der Waals surface area contributed by atoms with E-state index in [0.29, 0.717) is 22.3 Å². The normalized spacial score (nSPS) is 14.7. The Hall–Kier alpha value is -6.54. The molecule has 0 spiro atoms. The second kappa shape index (κ2) is 25.6. The first-order valence-electron chi connectivity index (χ1n) is 32.5. The van der Waals surface area contributed by atoms with E-state index in [1.54, 1.807) is 0 Å². The molecule has 0 fully saturated rings. The van der Waals surface area contributed by atoms with E-state index in [2.05, 4.69) is 215 Å². The summed E-state index contributed by atoms with van der Waals surface area (Å²) in [5.74, 6) is -5.34. The molecule has 0 aliphatic rings. The highest BCUT2D eigenvalue weighted by Crippen LogP contribution is 2.56. The maximum atomic E-state index is 15.6. The third-order valence-electron chi connectivity index (χ3n) is 18.8. The predicted molar refractivity (Wildman–Crippen MR) is 369 cm³/mol. The lowest BCUT2D eigenvalue weighted by atomic mass is 9.51. The van der Waals surface area contributed by atoms with Gasteiger partial charge in [0.15, 0.2) is 0 Å². The Morgan fingerprint density at radius 2 is 0.483 bits per heavy atom. The Morgan fingerprint density at radius 1 is 0.292 bits per heavy atom. The van der Waals surface area contributed by atoms with E-state index in [9.17, 15) is 30.6 Å². The molecule has 89 heavy (non-hydrogen) atoms. The van der Waals surface area contributed by atoms with E-state index in [1.165, 1.54) is 0 Å². The Kier molecular flexibility index (Phi) is 20.6. The summed E-state index contributed by atoms with van der Waals surface area (Å²) in [5.41, 5.74) is 5.04. The fourth-order valence-corrected chi connectivity index (χ4v) is 14.0. The quantitative estimate of drug-likeness (QED) is 0.0497. The second-order valence-electron chi connectivity index (χ2n) is 34.6. The van der Waals surface area contributed by atoms with Crippen LogP contribution in [0.5, 0.6) is 23.0 Å². The number of hydrogen-bond acceptors (Lipinski definition) is 6. The molecule has 0 aromatic heterocycles. The number of phenols is 4. The minimum Gasteiger partial charge on any atom is -0.507 e. The van der Waals surface area contributed by atoms with Crippen molar-refractivity contribution < 1.29 is 40.2 Å². The van der Waals surface area contributed by atoms with Crippen LogP contribution in [0, 0.1) is 29.1 Å². The van der Waals surface area contributed by atoms with E-state index < -0.39 is 84.3 Å². The van der Waals surface area contributed by atoms with Crippen molar-refractivity contribution in [3.8, 4) is 23.0 Å². The van der Waals surface area contributed by atoms with E-state index >= 15 is 9.59 Å². The fourth-order valence-electron chi connectivity index (χ4n) is 14.0. The summed E-state index contributed by atoms with van der Waals surface area (Å²) in [6, 6.07) is 36.4. The number of aromatic hydroxyl groups is 4. The first kappa shape index (κ1) is 71.5. The van der Waals surface area contributed by atoms with Gasteiger partial charge in [-0.15, -0.1) is 0 Å². The van der Waals surface area contributed by atoms with Crippen LogP contribution in [0.3, 0.4) is 0 Å². The Bertz CT molecular complexity index is 3100. The van der Waals surface area contributed by atoms with Gasteiger partial charge in [0.2, 0.25) is 0 Å². The van der Waals surface area contributed by atoms with E-state index in [1.807, 2.05) is 60.7 Å². The molecule has 0 amide bonds. The van der Waals surface area contributed by atoms with Gasteiger partial charge in [-0.2, -0.15) is 0 Å². The highest BCUT2D eigenvalue weighted by atomic mass is 16.4. The van der Waals surface area contributed by atoms with Crippen molar-refractivity contribution in [2.75, 3.05) is 0 Å². The average Bonchev–Trinajstić information content (AvgIpc) is 0.794. The van der Waals surface area contributed by atoms with Gasteiger partial charge in [-0.25, -0.2) is 0 Å². The molecule has 4 unspecified atom stereocenters. The van der Waals surface area contributed by atoms with Gasteiger partial charge in [0.05, 0.1) is 11.8 Å². The summed E-state index contributed by atoms with van der Waals surface area (Å²) in [6.07, 6.45) is 0.936. The van der Waals surface area contributed by atoms with Crippen molar-refractivity contribution in [2.45, 2.75) is 248 Å². The molecular weight excluding hydrogens is 1100 g/mol. The molecule has 4 atom stereocenters. The number of benzene rings is 6. The van der Waals surface area contributed by atoms with E-state index in [4.69, 9.17) is 0 Å². The minimum absolute atomic E-state index is 0.0464. The van der Waals surface area contributed by atoms with Crippen LogP contribution in [0.2, 0.25) is 0 Å². The zero-order chi connectivity index (χ0) is 67.3.